The van der Waals surface area contributed by atoms with Gasteiger partial charge in [-0.05, 0) is 55.9 Å². The highest BCUT2D eigenvalue weighted by molar-refractivity contribution is 7.88. The lowest BCUT2D eigenvalue weighted by Gasteiger charge is -2.21. The summed E-state index contributed by atoms with van der Waals surface area (Å²) in [7, 11) is -3.25. The number of para-hydroxylation sites is 1. The standard InChI is InChI=1S/C24H31N3O5S/c1-16(21-4-3-5-22-23(21)32-15-31-22)27-20-11-10-19(14-20)17-6-8-18(9-7-17)24(28)25-12-13-26-33(2,29)30/h3-9,16,19-20,26-27H,10-15H2,1-2H3,(H,25,28)/t16-,19-,20?/m1/s1. The minimum Gasteiger partial charge on any atom is -0.454 e. The van der Waals surface area contributed by atoms with E-state index in [-0.39, 0.29) is 31.8 Å². The molecule has 1 aliphatic carbocycles. The Bertz CT molecular complexity index is 1090. The van der Waals surface area contributed by atoms with E-state index in [4.69, 9.17) is 9.47 Å². The zero-order valence-electron chi connectivity index (χ0n) is 19.0. The Kier molecular flexibility index (Phi) is 7.21. The fourth-order valence-electron chi connectivity index (χ4n) is 4.59. The van der Waals surface area contributed by atoms with E-state index in [1.54, 1.807) is 0 Å². The molecule has 1 unspecified atom stereocenters. The number of nitrogens with one attached hydrogen (secondary N) is 3. The summed E-state index contributed by atoms with van der Waals surface area (Å²) in [6.07, 6.45) is 4.32. The summed E-state index contributed by atoms with van der Waals surface area (Å²) < 4.78 is 35.6. The van der Waals surface area contributed by atoms with Crippen LogP contribution in [0.2, 0.25) is 0 Å². The van der Waals surface area contributed by atoms with Gasteiger partial charge in [0, 0.05) is 36.3 Å². The van der Waals surface area contributed by atoms with Gasteiger partial charge in [-0.25, -0.2) is 13.1 Å². The molecule has 0 bridgehead atoms. The molecule has 1 amide bonds. The van der Waals surface area contributed by atoms with Crippen LogP contribution in [0.25, 0.3) is 0 Å². The SMILES string of the molecule is C[C@@H](NC1CC[C@@H](c2ccc(C(=O)NCCNS(C)(=O)=O)cc2)C1)c1cccc2c1OCO2. The topological polar surface area (TPSA) is 106 Å². The van der Waals surface area contributed by atoms with Gasteiger partial charge in [-0.3, -0.25) is 4.79 Å². The summed E-state index contributed by atoms with van der Waals surface area (Å²) >= 11 is 0. The number of rotatable bonds is 9. The zero-order chi connectivity index (χ0) is 23.4. The van der Waals surface area contributed by atoms with Crippen LogP contribution < -0.4 is 24.8 Å². The summed E-state index contributed by atoms with van der Waals surface area (Å²) in [5, 5.41) is 6.47. The van der Waals surface area contributed by atoms with Crippen LogP contribution in [0.3, 0.4) is 0 Å². The molecule has 0 spiro atoms. The van der Waals surface area contributed by atoms with Crippen molar-refractivity contribution < 1.29 is 22.7 Å². The molecule has 0 saturated heterocycles. The number of ether oxygens (including phenoxy) is 2. The molecule has 3 atom stereocenters. The zero-order valence-corrected chi connectivity index (χ0v) is 19.8. The molecule has 2 aromatic rings. The Balaban J connectivity index is 1.28. The Morgan fingerprint density at radius 1 is 1.09 bits per heavy atom. The van der Waals surface area contributed by atoms with Crippen molar-refractivity contribution in [3.05, 3.63) is 59.2 Å². The molecule has 4 rings (SSSR count). The average Bonchev–Trinajstić information content (AvgIpc) is 3.45. The molecule has 1 saturated carbocycles. The van der Waals surface area contributed by atoms with Gasteiger partial charge in [-0.1, -0.05) is 24.3 Å². The predicted molar refractivity (Wildman–Crippen MR) is 126 cm³/mol. The number of carbonyl (C=O) groups excluding carboxylic acids is 1. The van der Waals surface area contributed by atoms with Gasteiger partial charge in [-0.15, -0.1) is 0 Å². The molecule has 8 nitrogen and oxygen atoms in total. The summed E-state index contributed by atoms with van der Waals surface area (Å²) in [6, 6.07) is 14.3. The maximum Gasteiger partial charge on any atom is 0.251 e. The van der Waals surface area contributed by atoms with E-state index < -0.39 is 10.0 Å². The van der Waals surface area contributed by atoms with Crippen LogP contribution in [0.5, 0.6) is 11.5 Å². The van der Waals surface area contributed by atoms with Gasteiger partial charge in [0.15, 0.2) is 11.5 Å². The monoisotopic (exact) mass is 473 g/mol. The summed E-state index contributed by atoms with van der Waals surface area (Å²) in [4.78, 5) is 12.3. The summed E-state index contributed by atoms with van der Waals surface area (Å²) in [6.45, 7) is 2.84. The quantitative estimate of drug-likeness (QED) is 0.484. The third-order valence-corrected chi connectivity index (χ3v) is 6.96. The predicted octanol–water partition coefficient (Wildman–Crippen LogP) is 2.68. The van der Waals surface area contributed by atoms with E-state index in [2.05, 4.69) is 28.3 Å². The molecule has 1 heterocycles. The highest BCUT2D eigenvalue weighted by atomic mass is 32.2. The van der Waals surface area contributed by atoms with Crippen molar-refractivity contribution in [3.8, 4) is 11.5 Å². The fraction of sp³-hybridized carbons (Fsp3) is 0.458. The number of amides is 1. The van der Waals surface area contributed by atoms with E-state index in [1.165, 1.54) is 5.56 Å². The van der Waals surface area contributed by atoms with Crippen LogP contribution in [0, 0.1) is 0 Å². The molecule has 1 aliphatic heterocycles. The Labute approximate surface area is 195 Å². The van der Waals surface area contributed by atoms with Crippen LogP contribution in [0.15, 0.2) is 42.5 Å². The minimum atomic E-state index is -3.25. The molecule has 1 fully saturated rings. The first kappa shape index (κ1) is 23.5. The highest BCUT2D eigenvalue weighted by Gasteiger charge is 2.29. The van der Waals surface area contributed by atoms with Crippen molar-refractivity contribution in [2.24, 2.45) is 0 Å². The van der Waals surface area contributed by atoms with E-state index in [0.717, 1.165) is 42.6 Å². The maximum absolute atomic E-state index is 12.3. The lowest BCUT2D eigenvalue weighted by molar-refractivity contribution is 0.0954. The van der Waals surface area contributed by atoms with Gasteiger partial charge in [0.1, 0.15) is 0 Å². The summed E-state index contributed by atoms with van der Waals surface area (Å²) in [5.41, 5.74) is 2.93. The van der Waals surface area contributed by atoms with Gasteiger partial charge in [0.05, 0.1) is 6.26 Å². The molecular weight excluding hydrogens is 442 g/mol. The van der Waals surface area contributed by atoms with Crippen LogP contribution in [-0.4, -0.2) is 46.5 Å². The van der Waals surface area contributed by atoms with E-state index in [1.807, 2.05) is 36.4 Å². The average molecular weight is 474 g/mol. The minimum absolute atomic E-state index is 0.161. The van der Waals surface area contributed by atoms with Crippen molar-refractivity contribution >= 4 is 15.9 Å². The fourth-order valence-corrected chi connectivity index (χ4v) is 5.07. The number of benzene rings is 2. The van der Waals surface area contributed by atoms with Crippen LogP contribution in [0.4, 0.5) is 0 Å². The number of hydrogen-bond acceptors (Lipinski definition) is 6. The van der Waals surface area contributed by atoms with Gasteiger partial charge in [-0.2, -0.15) is 0 Å². The number of carbonyl (C=O) groups is 1. The highest BCUT2D eigenvalue weighted by Crippen LogP contribution is 2.40. The third-order valence-electron chi connectivity index (χ3n) is 6.23. The molecular formula is C24H31N3O5S. The third kappa shape index (κ3) is 6.04. The lowest BCUT2D eigenvalue weighted by Crippen LogP contribution is -2.34. The van der Waals surface area contributed by atoms with Gasteiger partial charge in [0.2, 0.25) is 16.8 Å². The normalized spacial score (nSPS) is 20.5. The van der Waals surface area contributed by atoms with Crippen LogP contribution in [-0.2, 0) is 10.0 Å². The molecule has 0 aromatic heterocycles. The number of sulfonamides is 1. The Morgan fingerprint density at radius 2 is 1.88 bits per heavy atom. The molecule has 178 valence electrons. The maximum atomic E-state index is 12.3. The second-order valence-electron chi connectivity index (χ2n) is 8.72. The molecule has 0 radical (unpaired) electrons. The van der Waals surface area contributed by atoms with Crippen molar-refractivity contribution in [2.75, 3.05) is 26.1 Å². The molecule has 2 aromatic carbocycles. The second kappa shape index (κ2) is 10.1. The molecule has 3 N–H and O–H groups in total. The number of hydrogen-bond donors (Lipinski definition) is 3. The first-order chi connectivity index (χ1) is 15.8. The van der Waals surface area contributed by atoms with Gasteiger partial charge in [0.25, 0.3) is 5.91 Å². The van der Waals surface area contributed by atoms with Crippen molar-refractivity contribution in [3.63, 3.8) is 0 Å². The van der Waals surface area contributed by atoms with Gasteiger partial charge < -0.3 is 20.1 Å². The molecule has 9 heteroatoms. The lowest BCUT2D eigenvalue weighted by atomic mass is 9.96. The second-order valence-corrected chi connectivity index (χ2v) is 10.6. The summed E-state index contributed by atoms with van der Waals surface area (Å²) in [5.74, 6) is 1.89. The Hall–Kier alpha value is -2.62. The smallest absolute Gasteiger partial charge is 0.251 e. The van der Waals surface area contributed by atoms with Crippen LogP contribution >= 0.6 is 0 Å². The Morgan fingerprint density at radius 3 is 2.64 bits per heavy atom. The van der Waals surface area contributed by atoms with Crippen molar-refractivity contribution in [2.45, 2.75) is 44.2 Å². The number of fused-ring (bicyclic) bond motifs is 1. The van der Waals surface area contributed by atoms with Gasteiger partial charge >= 0.3 is 0 Å². The van der Waals surface area contributed by atoms with Crippen molar-refractivity contribution in [1.82, 2.24) is 15.4 Å². The first-order valence-corrected chi connectivity index (χ1v) is 13.2. The largest absolute Gasteiger partial charge is 0.454 e. The van der Waals surface area contributed by atoms with E-state index in [0.29, 0.717) is 17.5 Å². The first-order valence-electron chi connectivity index (χ1n) is 11.3. The van der Waals surface area contributed by atoms with E-state index in [9.17, 15) is 13.2 Å². The van der Waals surface area contributed by atoms with E-state index >= 15 is 0 Å². The molecule has 2 aliphatic rings. The van der Waals surface area contributed by atoms with Crippen LogP contribution in [0.1, 0.15) is 59.6 Å². The molecule has 33 heavy (non-hydrogen) atoms. The van der Waals surface area contributed by atoms with Crippen molar-refractivity contribution in [1.29, 1.82) is 0 Å².